The lowest BCUT2D eigenvalue weighted by molar-refractivity contribution is 0.491. The van der Waals surface area contributed by atoms with E-state index in [9.17, 15) is 5.11 Å². The van der Waals surface area contributed by atoms with E-state index in [4.69, 9.17) is 5.73 Å². The first kappa shape index (κ1) is 7.89. The van der Waals surface area contributed by atoms with Gasteiger partial charge in [-0.2, -0.15) is 0 Å². The Morgan fingerprint density at radius 2 is 2.17 bits per heavy atom. The molecule has 1 heterocycles. The normalized spacial score (nSPS) is 10.8. The Balaban J connectivity index is 2.89. The van der Waals surface area contributed by atoms with Crippen molar-refractivity contribution < 1.29 is 5.11 Å². The lowest BCUT2D eigenvalue weighted by Crippen LogP contribution is -1.84. The van der Waals surface area contributed by atoms with E-state index in [-0.39, 0.29) is 0 Å². The first-order valence-electron chi connectivity index (χ1n) is 3.35. The van der Waals surface area contributed by atoms with Crippen molar-refractivity contribution in [2.24, 2.45) is 0 Å². The number of hydrogen-bond acceptors (Lipinski definition) is 3. The molecule has 0 aliphatic rings. The van der Waals surface area contributed by atoms with Crippen LogP contribution in [0.4, 0.5) is 5.69 Å². The van der Waals surface area contributed by atoms with E-state index in [1.165, 1.54) is 11.3 Å². The van der Waals surface area contributed by atoms with Crippen LogP contribution in [0.1, 0.15) is 0 Å². The second-order valence-corrected chi connectivity index (χ2v) is 4.32. The monoisotopic (exact) mass is 243 g/mol. The number of benzene rings is 1. The summed E-state index contributed by atoms with van der Waals surface area (Å²) in [6, 6.07) is 5.43. The van der Waals surface area contributed by atoms with E-state index in [0.29, 0.717) is 10.8 Å². The van der Waals surface area contributed by atoms with E-state index >= 15 is 0 Å². The minimum atomic E-state index is 0.316. The van der Waals surface area contributed by atoms with Crippen LogP contribution in [0.2, 0.25) is 0 Å². The van der Waals surface area contributed by atoms with Gasteiger partial charge < -0.3 is 10.8 Å². The highest BCUT2D eigenvalue weighted by Gasteiger charge is 2.05. The molecule has 0 bridgehead atoms. The van der Waals surface area contributed by atoms with Gasteiger partial charge in [-0.05, 0) is 28.1 Å². The number of fused-ring (bicyclic) bond motifs is 1. The van der Waals surface area contributed by atoms with Crippen molar-refractivity contribution in [3.63, 3.8) is 0 Å². The van der Waals surface area contributed by atoms with Gasteiger partial charge >= 0.3 is 0 Å². The minimum Gasteiger partial charge on any atom is -0.499 e. The number of thiophene rings is 1. The fraction of sp³-hybridized carbons (Fsp3) is 0. The fourth-order valence-corrected chi connectivity index (χ4v) is 2.48. The summed E-state index contributed by atoms with van der Waals surface area (Å²) in [5.41, 5.74) is 6.37. The molecule has 62 valence electrons. The number of anilines is 1. The highest BCUT2D eigenvalue weighted by molar-refractivity contribution is 9.10. The molecule has 0 aliphatic heterocycles. The zero-order valence-corrected chi connectivity index (χ0v) is 8.45. The van der Waals surface area contributed by atoms with Crippen LogP contribution in [0.5, 0.6) is 5.06 Å². The van der Waals surface area contributed by atoms with E-state index in [0.717, 1.165) is 14.6 Å². The van der Waals surface area contributed by atoms with Crippen LogP contribution in [0.25, 0.3) is 10.1 Å². The molecular formula is C8H6BrNOS. The van der Waals surface area contributed by atoms with Crippen LogP contribution < -0.4 is 5.73 Å². The Morgan fingerprint density at radius 3 is 2.92 bits per heavy atom. The van der Waals surface area contributed by atoms with Gasteiger partial charge in [0.1, 0.15) is 0 Å². The molecule has 0 saturated heterocycles. The lowest BCUT2D eigenvalue weighted by Gasteiger charge is -1.97. The summed E-state index contributed by atoms with van der Waals surface area (Å²) in [5.74, 6) is 0. The quantitative estimate of drug-likeness (QED) is 0.700. The van der Waals surface area contributed by atoms with Crippen molar-refractivity contribution >= 4 is 43.0 Å². The van der Waals surface area contributed by atoms with E-state index in [2.05, 4.69) is 15.9 Å². The standard InChI is InChI=1S/C8H6BrNOS/c9-8-4-3-7(11)12-6(4)2-1-5(8)10/h1-3,11H,10H2. The Bertz CT molecular complexity index is 438. The second kappa shape index (κ2) is 2.64. The average molecular weight is 244 g/mol. The van der Waals surface area contributed by atoms with Gasteiger partial charge in [0.05, 0.1) is 0 Å². The molecular weight excluding hydrogens is 238 g/mol. The Kier molecular flexibility index (Phi) is 1.73. The summed E-state index contributed by atoms with van der Waals surface area (Å²) in [4.78, 5) is 0. The molecule has 4 heteroatoms. The van der Waals surface area contributed by atoms with Crippen molar-refractivity contribution in [2.45, 2.75) is 0 Å². The molecule has 2 aromatic rings. The molecule has 2 nitrogen and oxygen atoms in total. The molecule has 1 aromatic carbocycles. The van der Waals surface area contributed by atoms with Gasteiger partial charge in [-0.1, -0.05) is 11.3 Å². The predicted octanol–water partition coefficient (Wildman–Crippen LogP) is 2.95. The van der Waals surface area contributed by atoms with Gasteiger partial charge in [0, 0.05) is 26.3 Å². The molecule has 0 fully saturated rings. The van der Waals surface area contributed by atoms with Gasteiger partial charge in [0.2, 0.25) is 0 Å². The molecule has 0 spiro atoms. The smallest absolute Gasteiger partial charge is 0.172 e. The molecule has 3 N–H and O–H groups in total. The van der Waals surface area contributed by atoms with Crippen molar-refractivity contribution in [3.05, 3.63) is 22.7 Å². The predicted molar refractivity (Wildman–Crippen MR) is 55.6 cm³/mol. The SMILES string of the molecule is Nc1ccc2sc(O)cc2c1Br. The van der Waals surface area contributed by atoms with Gasteiger partial charge in [0.15, 0.2) is 5.06 Å². The molecule has 0 amide bonds. The summed E-state index contributed by atoms with van der Waals surface area (Å²) in [7, 11) is 0. The average Bonchev–Trinajstić information content (AvgIpc) is 2.39. The van der Waals surface area contributed by atoms with E-state index in [1.807, 2.05) is 12.1 Å². The van der Waals surface area contributed by atoms with Crippen molar-refractivity contribution in [1.82, 2.24) is 0 Å². The Morgan fingerprint density at radius 1 is 1.42 bits per heavy atom. The Labute approximate surface area is 81.8 Å². The van der Waals surface area contributed by atoms with E-state index in [1.54, 1.807) is 6.07 Å². The molecule has 12 heavy (non-hydrogen) atoms. The number of halogens is 1. The number of nitrogens with two attached hydrogens (primary N) is 1. The maximum absolute atomic E-state index is 9.23. The number of hydrogen-bond donors (Lipinski definition) is 2. The van der Waals surface area contributed by atoms with Crippen LogP contribution in [-0.4, -0.2) is 5.11 Å². The number of aromatic hydroxyl groups is 1. The lowest BCUT2D eigenvalue weighted by atomic mass is 10.2. The summed E-state index contributed by atoms with van der Waals surface area (Å²) < 4.78 is 1.89. The van der Waals surface area contributed by atoms with Crippen molar-refractivity contribution in [3.8, 4) is 5.06 Å². The van der Waals surface area contributed by atoms with Gasteiger partial charge in [-0.3, -0.25) is 0 Å². The first-order valence-corrected chi connectivity index (χ1v) is 4.96. The maximum atomic E-state index is 9.23. The summed E-state index contributed by atoms with van der Waals surface area (Å²) in [5, 5.41) is 10.5. The third-order valence-electron chi connectivity index (χ3n) is 1.65. The van der Waals surface area contributed by atoms with Crippen LogP contribution in [0.3, 0.4) is 0 Å². The van der Waals surface area contributed by atoms with Gasteiger partial charge in [0.25, 0.3) is 0 Å². The van der Waals surface area contributed by atoms with Crippen LogP contribution in [0, 0.1) is 0 Å². The zero-order valence-electron chi connectivity index (χ0n) is 6.04. The summed E-state index contributed by atoms with van der Waals surface area (Å²) in [6.45, 7) is 0. The Hall–Kier alpha value is -0.740. The molecule has 0 radical (unpaired) electrons. The highest BCUT2D eigenvalue weighted by atomic mass is 79.9. The second-order valence-electron chi connectivity index (χ2n) is 2.47. The van der Waals surface area contributed by atoms with Gasteiger partial charge in [-0.15, -0.1) is 0 Å². The minimum absolute atomic E-state index is 0.316. The third-order valence-corrected chi connectivity index (χ3v) is 3.44. The van der Waals surface area contributed by atoms with Crippen LogP contribution >= 0.6 is 27.3 Å². The first-order chi connectivity index (χ1) is 5.68. The fourth-order valence-electron chi connectivity index (χ4n) is 1.08. The van der Waals surface area contributed by atoms with Crippen molar-refractivity contribution in [1.29, 1.82) is 0 Å². The molecule has 0 saturated carbocycles. The number of rotatable bonds is 0. The molecule has 0 unspecified atom stereocenters. The molecule has 2 rings (SSSR count). The topological polar surface area (TPSA) is 46.2 Å². The molecule has 0 atom stereocenters. The van der Waals surface area contributed by atoms with Gasteiger partial charge in [-0.25, -0.2) is 0 Å². The molecule has 0 aliphatic carbocycles. The maximum Gasteiger partial charge on any atom is 0.172 e. The third kappa shape index (κ3) is 1.07. The van der Waals surface area contributed by atoms with E-state index < -0.39 is 0 Å². The summed E-state index contributed by atoms with van der Waals surface area (Å²) >= 11 is 4.71. The largest absolute Gasteiger partial charge is 0.499 e. The highest BCUT2D eigenvalue weighted by Crippen LogP contribution is 2.37. The van der Waals surface area contributed by atoms with Crippen molar-refractivity contribution in [2.75, 3.05) is 5.73 Å². The zero-order chi connectivity index (χ0) is 8.72. The summed E-state index contributed by atoms with van der Waals surface area (Å²) in [6.07, 6.45) is 0. The molecule has 1 aromatic heterocycles. The number of nitrogen functional groups attached to an aromatic ring is 1. The van der Waals surface area contributed by atoms with Crippen LogP contribution in [0.15, 0.2) is 22.7 Å². The van der Waals surface area contributed by atoms with Crippen LogP contribution in [-0.2, 0) is 0 Å².